The summed E-state index contributed by atoms with van der Waals surface area (Å²) in [6, 6.07) is 21.1. The summed E-state index contributed by atoms with van der Waals surface area (Å²) in [7, 11) is 0.491. The molecule has 2 aromatic rings. The van der Waals surface area contributed by atoms with Crippen LogP contribution in [0, 0.1) is 11.8 Å². The summed E-state index contributed by atoms with van der Waals surface area (Å²) in [4.78, 5) is 11.5. The average molecular weight is 509 g/mol. The van der Waals surface area contributed by atoms with Gasteiger partial charge >= 0.3 is 0 Å². The molecule has 0 N–H and O–H groups in total. The third-order valence-electron chi connectivity index (χ3n) is 6.84. The second-order valence-electron chi connectivity index (χ2n) is 10.3. The summed E-state index contributed by atoms with van der Waals surface area (Å²) in [5.74, 6) is 0.155. The molecule has 0 bridgehead atoms. The molecule has 194 valence electrons. The van der Waals surface area contributed by atoms with E-state index in [1.165, 1.54) is 10.4 Å². The average Bonchev–Trinajstić information content (AvgIpc) is 2.88. The van der Waals surface area contributed by atoms with E-state index in [1.54, 1.807) is 20.3 Å². The topological polar surface area (TPSA) is 54.0 Å². The van der Waals surface area contributed by atoms with Gasteiger partial charge in [0.05, 0.1) is 18.8 Å². The summed E-state index contributed by atoms with van der Waals surface area (Å²) in [5, 5.41) is 2.20. The zero-order valence-electron chi connectivity index (χ0n) is 22.1. The Balaban J connectivity index is 2.15. The molecule has 36 heavy (non-hydrogen) atoms. The van der Waals surface area contributed by atoms with Gasteiger partial charge in [-0.15, -0.1) is 0 Å². The van der Waals surface area contributed by atoms with E-state index in [1.807, 2.05) is 18.2 Å². The first-order valence-electron chi connectivity index (χ1n) is 12.6. The summed E-state index contributed by atoms with van der Waals surface area (Å²) >= 11 is 0. The number of carbonyl (C=O) groups excluding carboxylic acids is 1. The van der Waals surface area contributed by atoms with Gasteiger partial charge in [-0.05, 0) is 27.9 Å². The third kappa shape index (κ3) is 6.50. The van der Waals surface area contributed by atoms with Crippen molar-refractivity contribution in [2.45, 2.75) is 44.4 Å². The number of rotatable bonds is 12. The highest BCUT2D eigenvalue weighted by Gasteiger charge is 2.52. The Bertz CT molecular complexity index is 944. The van der Waals surface area contributed by atoms with Crippen LogP contribution in [0.15, 0.2) is 85.0 Å². The predicted octanol–water partition coefficient (Wildman–Crippen LogP) is 4.51. The molecular weight excluding hydrogens is 468 g/mol. The van der Waals surface area contributed by atoms with E-state index in [2.05, 4.69) is 81.5 Å². The van der Waals surface area contributed by atoms with Gasteiger partial charge in [-0.3, -0.25) is 4.79 Å². The van der Waals surface area contributed by atoms with Crippen molar-refractivity contribution in [2.75, 3.05) is 27.6 Å². The van der Waals surface area contributed by atoms with E-state index in [4.69, 9.17) is 18.6 Å². The number of ether oxygens (including phenoxy) is 3. The number of hydrogen-bond acceptors (Lipinski definition) is 5. The van der Waals surface area contributed by atoms with E-state index in [-0.39, 0.29) is 35.9 Å². The largest absolute Gasteiger partial charge is 0.400 e. The van der Waals surface area contributed by atoms with E-state index >= 15 is 0 Å². The first kappa shape index (κ1) is 28.2. The first-order valence-corrected chi connectivity index (χ1v) is 14.5. The molecule has 0 unspecified atom stereocenters. The maximum atomic E-state index is 11.5. The lowest BCUT2D eigenvalue weighted by atomic mass is 9.83. The number of benzene rings is 2. The fraction of sp³-hybridized carbons (Fsp3) is 0.433. The standard InChI is InChI=1S/C30H40O5Si/c1-30(2,3)36(25-13-8-6-9-14-25,26-15-10-7-11-16-26)35-28(17-12-20-31)27-19-18-24(22-32-4)21-29(27)34-23-33-5/h6-20,24,27-29H,21-23H2,1-5H3/b17-12-/t24-,27+,28-,29-/m1/s1. The van der Waals surface area contributed by atoms with Crippen molar-refractivity contribution < 1.29 is 23.4 Å². The number of aldehydes is 1. The molecule has 0 spiro atoms. The second kappa shape index (κ2) is 13.3. The van der Waals surface area contributed by atoms with Crippen LogP contribution in [0.3, 0.4) is 0 Å². The Morgan fingerprint density at radius 2 is 1.56 bits per heavy atom. The van der Waals surface area contributed by atoms with Crippen molar-refractivity contribution in [3.8, 4) is 0 Å². The minimum absolute atomic E-state index is 0.0916. The molecule has 0 aromatic heterocycles. The predicted molar refractivity (Wildman–Crippen MR) is 147 cm³/mol. The Kier molecular flexibility index (Phi) is 10.4. The van der Waals surface area contributed by atoms with Crippen LogP contribution in [0.2, 0.25) is 5.04 Å². The molecule has 4 atom stereocenters. The van der Waals surface area contributed by atoms with Gasteiger partial charge in [-0.25, -0.2) is 0 Å². The van der Waals surface area contributed by atoms with Crippen molar-refractivity contribution in [1.29, 1.82) is 0 Å². The maximum absolute atomic E-state index is 11.5. The summed E-state index contributed by atoms with van der Waals surface area (Å²) in [5.41, 5.74) is 0. The van der Waals surface area contributed by atoms with Crippen LogP contribution >= 0.6 is 0 Å². The van der Waals surface area contributed by atoms with E-state index < -0.39 is 8.32 Å². The normalized spacial score (nSPS) is 21.5. The summed E-state index contributed by atoms with van der Waals surface area (Å²) in [6.07, 6.45) is 8.88. The molecule has 0 heterocycles. The van der Waals surface area contributed by atoms with E-state index in [0.29, 0.717) is 6.61 Å². The third-order valence-corrected chi connectivity index (χ3v) is 11.9. The van der Waals surface area contributed by atoms with E-state index in [0.717, 1.165) is 12.7 Å². The Hall–Kier alpha value is -2.35. The number of methoxy groups -OCH3 is 2. The van der Waals surface area contributed by atoms with Crippen LogP contribution < -0.4 is 10.4 Å². The molecule has 0 aliphatic heterocycles. The first-order chi connectivity index (χ1) is 17.4. The highest BCUT2D eigenvalue weighted by molar-refractivity contribution is 6.99. The Labute approximate surface area is 217 Å². The van der Waals surface area contributed by atoms with Crippen molar-refractivity contribution >= 4 is 25.0 Å². The summed E-state index contributed by atoms with van der Waals surface area (Å²) < 4.78 is 24.3. The Morgan fingerprint density at radius 3 is 2.06 bits per heavy atom. The van der Waals surface area contributed by atoms with Crippen LogP contribution in [0.25, 0.3) is 0 Å². The molecule has 2 aromatic carbocycles. The highest BCUT2D eigenvalue weighted by atomic mass is 28.4. The minimum Gasteiger partial charge on any atom is -0.400 e. The number of carbonyl (C=O) groups is 1. The quantitative estimate of drug-likeness (QED) is 0.139. The molecule has 0 saturated carbocycles. The SMILES string of the molecule is COCO[C@@H]1C[C@H](COC)C=C[C@H]1[C@@H](/C=C\C=O)O[Si](c1ccccc1)(c1ccccc1)C(C)(C)C. The lowest BCUT2D eigenvalue weighted by molar-refractivity contribution is -0.106. The zero-order valence-corrected chi connectivity index (χ0v) is 23.1. The van der Waals surface area contributed by atoms with Crippen LogP contribution in [-0.4, -0.2) is 54.4 Å². The van der Waals surface area contributed by atoms with E-state index in [9.17, 15) is 4.79 Å². The molecule has 3 rings (SSSR count). The molecule has 6 heteroatoms. The van der Waals surface area contributed by atoms with Crippen LogP contribution in [0.4, 0.5) is 0 Å². The van der Waals surface area contributed by atoms with Crippen molar-refractivity contribution in [2.24, 2.45) is 11.8 Å². The molecule has 0 fully saturated rings. The smallest absolute Gasteiger partial charge is 0.261 e. The summed E-state index contributed by atoms with van der Waals surface area (Å²) in [6.45, 7) is 7.58. The van der Waals surface area contributed by atoms with Crippen LogP contribution in [0.1, 0.15) is 27.2 Å². The zero-order chi connectivity index (χ0) is 26.0. The number of hydrogen-bond donors (Lipinski definition) is 0. The second-order valence-corrected chi connectivity index (χ2v) is 14.5. The number of allylic oxidation sites excluding steroid dienone is 1. The molecule has 5 nitrogen and oxygen atoms in total. The molecule has 0 saturated heterocycles. The molecular formula is C30H40O5Si. The van der Waals surface area contributed by atoms with Crippen molar-refractivity contribution in [1.82, 2.24) is 0 Å². The van der Waals surface area contributed by atoms with Crippen molar-refractivity contribution in [3.05, 3.63) is 85.0 Å². The lowest BCUT2D eigenvalue weighted by Gasteiger charge is -2.47. The van der Waals surface area contributed by atoms with Crippen molar-refractivity contribution in [3.63, 3.8) is 0 Å². The van der Waals surface area contributed by atoms with Gasteiger partial charge in [0, 0.05) is 26.1 Å². The fourth-order valence-electron chi connectivity index (χ4n) is 5.23. The van der Waals surface area contributed by atoms with Gasteiger partial charge in [-0.2, -0.15) is 0 Å². The Morgan fingerprint density at radius 1 is 0.944 bits per heavy atom. The highest BCUT2D eigenvalue weighted by Crippen LogP contribution is 2.40. The molecule has 0 radical (unpaired) electrons. The minimum atomic E-state index is -2.85. The van der Waals surface area contributed by atoms with Gasteiger partial charge in [0.15, 0.2) is 0 Å². The fourth-order valence-corrected chi connectivity index (χ4v) is 9.89. The molecule has 0 amide bonds. The van der Waals surface area contributed by atoms with Crippen LogP contribution in [0.5, 0.6) is 0 Å². The van der Waals surface area contributed by atoms with Gasteiger partial charge in [0.1, 0.15) is 13.1 Å². The van der Waals surface area contributed by atoms with Gasteiger partial charge < -0.3 is 18.6 Å². The lowest BCUT2D eigenvalue weighted by Crippen LogP contribution is -2.68. The monoisotopic (exact) mass is 508 g/mol. The maximum Gasteiger partial charge on any atom is 0.261 e. The van der Waals surface area contributed by atoms with Crippen LogP contribution in [-0.2, 0) is 23.4 Å². The molecule has 1 aliphatic carbocycles. The van der Waals surface area contributed by atoms with Gasteiger partial charge in [0.2, 0.25) is 0 Å². The molecule has 1 aliphatic rings. The van der Waals surface area contributed by atoms with Gasteiger partial charge in [-0.1, -0.05) is 99.7 Å². The van der Waals surface area contributed by atoms with Gasteiger partial charge in [0.25, 0.3) is 8.32 Å².